The number of halogens is 1. The third kappa shape index (κ3) is 3.72. The second kappa shape index (κ2) is 7.36. The highest BCUT2D eigenvalue weighted by atomic mass is 79.9. The molecule has 1 amide bonds. The number of hydrogen-bond acceptors (Lipinski definition) is 6. The molecule has 9 heteroatoms. The second-order valence-corrected chi connectivity index (χ2v) is 5.89. The summed E-state index contributed by atoms with van der Waals surface area (Å²) >= 11 is 3.21. The lowest BCUT2D eigenvalue weighted by Gasteiger charge is -2.10. The third-order valence-corrected chi connectivity index (χ3v) is 3.89. The predicted molar refractivity (Wildman–Crippen MR) is 95.4 cm³/mol. The standard InChI is InChI=1S/C17H12BrN3O5/c18-16-13-10(15(24)14(21-16)17(25)19-8-12(22)23)6-7-11(20-13)26-9-4-2-1-3-5-9/h1-7,24H,8H2,(H,19,25)(H,22,23). The summed E-state index contributed by atoms with van der Waals surface area (Å²) in [7, 11) is 0. The first kappa shape index (κ1) is 17.6. The van der Waals surface area contributed by atoms with Crippen LogP contribution in [-0.4, -0.2) is 38.6 Å². The van der Waals surface area contributed by atoms with Gasteiger partial charge in [0.1, 0.15) is 22.4 Å². The molecule has 2 aromatic heterocycles. The maximum atomic E-state index is 12.0. The number of carbonyl (C=O) groups excluding carboxylic acids is 1. The molecule has 0 aliphatic carbocycles. The van der Waals surface area contributed by atoms with Gasteiger partial charge < -0.3 is 20.3 Å². The van der Waals surface area contributed by atoms with Crippen LogP contribution in [0.15, 0.2) is 47.1 Å². The van der Waals surface area contributed by atoms with Gasteiger partial charge in [0.05, 0.1) is 0 Å². The van der Waals surface area contributed by atoms with E-state index in [1.807, 2.05) is 18.2 Å². The number of carboxylic acids is 1. The fourth-order valence-electron chi connectivity index (χ4n) is 2.19. The van der Waals surface area contributed by atoms with Gasteiger partial charge in [0, 0.05) is 11.5 Å². The van der Waals surface area contributed by atoms with Crippen molar-refractivity contribution in [1.29, 1.82) is 0 Å². The van der Waals surface area contributed by atoms with Crippen LogP contribution < -0.4 is 10.1 Å². The summed E-state index contributed by atoms with van der Waals surface area (Å²) in [6, 6.07) is 12.1. The van der Waals surface area contributed by atoms with E-state index < -0.39 is 24.2 Å². The Morgan fingerprint density at radius 1 is 1.12 bits per heavy atom. The number of nitrogens with one attached hydrogen (secondary N) is 1. The van der Waals surface area contributed by atoms with E-state index in [9.17, 15) is 14.7 Å². The first-order valence-corrected chi connectivity index (χ1v) is 8.17. The van der Waals surface area contributed by atoms with E-state index in [0.29, 0.717) is 11.3 Å². The SMILES string of the molecule is O=C(O)CNC(=O)c1nc(Br)c2nc(Oc3ccccc3)ccc2c1O. The van der Waals surface area contributed by atoms with Gasteiger partial charge in [0.15, 0.2) is 11.4 Å². The normalized spacial score (nSPS) is 10.5. The molecule has 132 valence electrons. The van der Waals surface area contributed by atoms with Gasteiger partial charge in [0.2, 0.25) is 5.88 Å². The molecule has 0 saturated heterocycles. The summed E-state index contributed by atoms with van der Waals surface area (Å²) in [4.78, 5) is 30.8. The van der Waals surface area contributed by atoms with Crippen LogP contribution in [0.4, 0.5) is 0 Å². The average molecular weight is 418 g/mol. The average Bonchev–Trinajstić information content (AvgIpc) is 2.63. The Bertz CT molecular complexity index is 995. The van der Waals surface area contributed by atoms with Crippen LogP contribution in [0, 0.1) is 0 Å². The second-order valence-electron chi connectivity index (χ2n) is 5.14. The molecule has 0 radical (unpaired) electrons. The van der Waals surface area contributed by atoms with Crippen molar-refractivity contribution in [3.05, 3.63) is 52.8 Å². The van der Waals surface area contributed by atoms with Crippen LogP contribution in [0.25, 0.3) is 10.9 Å². The van der Waals surface area contributed by atoms with Gasteiger partial charge in [-0.15, -0.1) is 0 Å². The minimum Gasteiger partial charge on any atom is -0.505 e. The molecule has 0 unspecified atom stereocenters. The van der Waals surface area contributed by atoms with Crippen LogP contribution in [0.3, 0.4) is 0 Å². The minimum atomic E-state index is -1.21. The Kier molecular flexibility index (Phi) is 4.99. The molecule has 0 aliphatic heterocycles. The smallest absolute Gasteiger partial charge is 0.322 e. The molecule has 0 bridgehead atoms. The summed E-state index contributed by atoms with van der Waals surface area (Å²) in [5, 5.41) is 21.4. The lowest BCUT2D eigenvalue weighted by molar-refractivity contribution is -0.135. The summed E-state index contributed by atoms with van der Waals surface area (Å²) in [5.74, 6) is -1.53. The van der Waals surface area contributed by atoms with Gasteiger partial charge in [-0.3, -0.25) is 9.59 Å². The number of fused-ring (bicyclic) bond motifs is 1. The van der Waals surface area contributed by atoms with Crippen LogP contribution in [0.1, 0.15) is 10.5 Å². The maximum Gasteiger partial charge on any atom is 0.322 e. The van der Waals surface area contributed by atoms with Gasteiger partial charge in [0.25, 0.3) is 5.91 Å². The Balaban J connectivity index is 1.96. The molecule has 3 N–H and O–H groups in total. The fraction of sp³-hybridized carbons (Fsp3) is 0.0588. The zero-order valence-corrected chi connectivity index (χ0v) is 14.7. The fourth-order valence-corrected chi connectivity index (χ4v) is 2.66. The first-order chi connectivity index (χ1) is 12.5. The molecule has 0 atom stereocenters. The highest BCUT2D eigenvalue weighted by molar-refractivity contribution is 9.10. The molecule has 0 fully saturated rings. The van der Waals surface area contributed by atoms with Crippen molar-refractivity contribution in [3.63, 3.8) is 0 Å². The Hall–Kier alpha value is -3.20. The molecule has 3 aromatic rings. The molecule has 8 nitrogen and oxygen atoms in total. The minimum absolute atomic E-state index is 0.212. The lowest BCUT2D eigenvalue weighted by atomic mass is 10.2. The summed E-state index contributed by atoms with van der Waals surface area (Å²) < 4.78 is 5.85. The van der Waals surface area contributed by atoms with Crippen molar-refractivity contribution in [1.82, 2.24) is 15.3 Å². The number of aromatic nitrogens is 2. The van der Waals surface area contributed by atoms with Crippen molar-refractivity contribution in [2.45, 2.75) is 0 Å². The van der Waals surface area contributed by atoms with Gasteiger partial charge in [-0.1, -0.05) is 18.2 Å². The quantitative estimate of drug-likeness (QED) is 0.545. The number of aliphatic carboxylic acids is 1. The summed E-state index contributed by atoms with van der Waals surface area (Å²) in [5.41, 5.74) is -0.00475. The van der Waals surface area contributed by atoms with E-state index in [-0.39, 0.29) is 21.6 Å². The number of amides is 1. The number of hydrogen-bond donors (Lipinski definition) is 3. The Labute approximate surface area is 155 Å². The van der Waals surface area contributed by atoms with Gasteiger partial charge >= 0.3 is 5.97 Å². The molecular formula is C17H12BrN3O5. The predicted octanol–water partition coefficient (Wildman–Crippen LogP) is 2.70. The lowest BCUT2D eigenvalue weighted by Crippen LogP contribution is -2.30. The number of aromatic hydroxyl groups is 1. The van der Waals surface area contributed by atoms with Crippen molar-refractivity contribution in [3.8, 4) is 17.4 Å². The summed E-state index contributed by atoms with van der Waals surface area (Å²) in [6.07, 6.45) is 0. The number of carboxylic acid groups (broad SMARTS) is 1. The molecule has 0 spiro atoms. The number of benzene rings is 1. The van der Waals surface area contributed by atoms with Crippen molar-refractivity contribution in [2.24, 2.45) is 0 Å². The number of ether oxygens (including phenoxy) is 1. The van der Waals surface area contributed by atoms with E-state index in [1.165, 1.54) is 6.07 Å². The highest BCUT2D eigenvalue weighted by Crippen LogP contribution is 2.33. The monoisotopic (exact) mass is 417 g/mol. The number of carbonyl (C=O) groups is 2. The molecular weight excluding hydrogens is 406 g/mol. The van der Waals surface area contributed by atoms with Crippen molar-refractivity contribution < 1.29 is 24.5 Å². The highest BCUT2D eigenvalue weighted by Gasteiger charge is 2.20. The topological polar surface area (TPSA) is 122 Å². The zero-order valence-electron chi connectivity index (χ0n) is 13.1. The van der Waals surface area contributed by atoms with Crippen LogP contribution in [-0.2, 0) is 4.79 Å². The van der Waals surface area contributed by atoms with Crippen LogP contribution in [0.5, 0.6) is 17.4 Å². The molecule has 0 aliphatic rings. The van der Waals surface area contributed by atoms with E-state index in [2.05, 4.69) is 31.2 Å². The number of rotatable bonds is 5. The molecule has 3 rings (SSSR count). The van der Waals surface area contributed by atoms with Crippen LogP contribution in [0.2, 0.25) is 0 Å². The molecule has 26 heavy (non-hydrogen) atoms. The molecule has 1 aromatic carbocycles. The number of para-hydroxylation sites is 1. The Morgan fingerprint density at radius 2 is 1.85 bits per heavy atom. The molecule has 0 saturated carbocycles. The van der Waals surface area contributed by atoms with Gasteiger partial charge in [-0.2, -0.15) is 0 Å². The van der Waals surface area contributed by atoms with E-state index >= 15 is 0 Å². The van der Waals surface area contributed by atoms with Gasteiger partial charge in [-0.25, -0.2) is 9.97 Å². The third-order valence-electron chi connectivity index (χ3n) is 3.34. The zero-order chi connectivity index (χ0) is 18.7. The Morgan fingerprint density at radius 3 is 2.54 bits per heavy atom. The number of pyridine rings is 2. The summed E-state index contributed by atoms with van der Waals surface area (Å²) in [6.45, 7) is -0.586. The largest absolute Gasteiger partial charge is 0.505 e. The van der Waals surface area contributed by atoms with E-state index in [1.54, 1.807) is 18.2 Å². The maximum absolute atomic E-state index is 12.0. The number of nitrogens with zero attached hydrogens (tertiary/aromatic N) is 2. The molecule has 2 heterocycles. The first-order valence-electron chi connectivity index (χ1n) is 7.38. The van der Waals surface area contributed by atoms with Crippen LogP contribution >= 0.6 is 15.9 Å². The van der Waals surface area contributed by atoms with Gasteiger partial charge in [-0.05, 0) is 34.1 Å². The van der Waals surface area contributed by atoms with Crippen molar-refractivity contribution >= 4 is 38.7 Å². The van der Waals surface area contributed by atoms with E-state index in [0.717, 1.165) is 0 Å². The van der Waals surface area contributed by atoms with E-state index in [4.69, 9.17) is 9.84 Å². The van der Waals surface area contributed by atoms with Crippen molar-refractivity contribution in [2.75, 3.05) is 6.54 Å².